The molecular weight excluding hydrogens is 108 g/mol. The van der Waals surface area contributed by atoms with Crippen molar-refractivity contribution >= 4 is 10.8 Å². The van der Waals surface area contributed by atoms with Crippen molar-refractivity contribution in [2.75, 3.05) is 11.5 Å². The monoisotopic (exact) mass is 116 g/mol. The smallest absolute Gasteiger partial charge is 0.0266 e. The first-order valence-corrected chi connectivity index (χ1v) is 4.20. The van der Waals surface area contributed by atoms with Crippen LogP contribution in [0.2, 0.25) is 0 Å². The van der Waals surface area contributed by atoms with Crippen molar-refractivity contribution in [3.63, 3.8) is 0 Å². The van der Waals surface area contributed by atoms with Crippen LogP contribution in [0.4, 0.5) is 0 Å². The standard InChI is InChI=1S/C5H8OS/c6-7-2-4-1-5(4)3-7/h4-5H,1-3H2/t4-,5?,7?/m0/s1. The number of fused-ring (bicyclic) bond motifs is 1. The second-order valence-corrected chi connectivity index (χ2v) is 4.08. The summed E-state index contributed by atoms with van der Waals surface area (Å²) in [5.41, 5.74) is 0. The number of hydrogen-bond donors (Lipinski definition) is 0. The summed E-state index contributed by atoms with van der Waals surface area (Å²) in [6.45, 7) is 0. The molecule has 2 fully saturated rings. The average molecular weight is 116 g/mol. The highest BCUT2D eigenvalue weighted by Crippen LogP contribution is 2.44. The molecule has 1 saturated carbocycles. The van der Waals surface area contributed by atoms with E-state index in [9.17, 15) is 4.21 Å². The molecule has 1 aliphatic heterocycles. The molecule has 0 N–H and O–H groups in total. The largest absolute Gasteiger partial charge is 0.260 e. The van der Waals surface area contributed by atoms with Gasteiger partial charge >= 0.3 is 0 Å². The summed E-state index contributed by atoms with van der Waals surface area (Å²) in [6, 6.07) is 0. The van der Waals surface area contributed by atoms with Crippen molar-refractivity contribution in [3.8, 4) is 0 Å². The molecule has 0 aromatic heterocycles. The van der Waals surface area contributed by atoms with E-state index < -0.39 is 10.8 Å². The topological polar surface area (TPSA) is 17.1 Å². The molecule has 1 aliphatic carbocycles. The predicted octanol–water partition coefficient (Wildman–Crippen LogP) is 0.385. The van der Waals surface area contributed by atoms with E-state index in [0.717, 1.165) is 23.3 Å². The molecule has 7 heavy (non-hydrogen) atoms. The van der Waals surface area contributed by atoms with E-state index in [-0.39, 0.29) is 0 Å². The Morgan fingerprint density at radius 2 is 1.86 bits per heavy atom. The molecule has 2 aliphatic rings. The highest BCUT2D eigenvalue weighted by Gasteiger charge is 2.44. The fourth-order valence-corrected chi connectivity index (χ4v) is 3.17. The summed E-state index contributed by atoms with van der Waals surface area (Å²) in [7, 11) is -0.403. The summed E-state index contributed by atoms with van der Waals surface area (Å²) >= 11 is 0. The van der Waals surface area contributed by atoms with E-state index in [2.05, 4.69) is 0 Å². The Balaban J connectivity index is 2.14. The maximum atomic E-state index is 10.6. The van der Waals surface area contributed by atoms with Crippen LogP contribution in [0.15, 0.2) is 0 Å². The van der Waals surface area contributed by atoms with Crippen LogP contribution in [0.25, 0.3) is 0 Å². The van der Waals surface area contributed by atoms with Crippen LogP contribution in [-0.4, -0.2) is 15.7 Å². The lowest BCUT2D eigenvalue weighted by atomic mass is 10.4. The molecule has 0 aromatic rings. The lowest BCUT2D eigenvalue weighted by molar-refractivity contribution is 0.684. The zero-order valence-electron chi connectivity index (χ0n) is 4.09. The first-order chi connectivity index (χ1) is 3.36. The van der Waals surface area contributed by atoms with Crippen LogP contribution >= 0.6 is 0 Å². The Labute approximate surface area is 45.6 Å². The van der Waals surface area contributed by atoms with Gasteiger partial charge in [-0.05, 0) is 18.3 Å². The third-order valence-corrected chi connectivity index (χ3v) is 3.47. The van der Waals surface area contributed by atoms with Gasteiger partial charge in [0.05, 0.1) is 0 Å². The Morgan fingerprint density at radius 1 is 1.29 bits per heavy atom. The van der Waals surface area contributed by atoms with Crippen molar-refractivity contribution < 1.29 is 4.21 Å². The van der Waals surface area contributed by atoms with E-state index in [0.29, 0.717) is 0 Å². The summed E-state index contributed by atoms with van der Waals surface area (Å²) in [5.74, 6) is 3.82. The van der Waals surface area contributed by atoms with Gasteiger partial charge in [-0.2, -0.15) is 0 Å². The van der Waals surface area contributed by atoms with Crippen molar-refractivity contribution in [1.82, 2.24) is 0 Å². The van der Waals surface area contributed by atoms with Crippen LogP contribution in [0.1, 0.15) is 6.42 Å². The van der Waals surface area contributed by atoms with Crippen LogP contribution in [-0.2, 0) is 10.8 Å². The maximum absolute atomic E-state index is 10.6. The van der Waals surface area contributed by atoms with Gasteiger partial charge in [-0.15, -0.1) is 0 Å². The predicted molar refractivity (Wildman–Crippen MR) is 29.5 cm³/mol. The van der Waals surface area contributed by atoms with E-state index in [1.165, 1.54) is 6.42 Å². The lowest BCUT2D eigenvalue weighted by Crippen LogP contribution is -1.94. The minimum absolute atomic E-state index is 0.403. The minimum atomic E-state index is -0.403. The molecule has 40 valence electrons. The van der Waals surface area contributed by atoms with Gasteiger partial charge in [0.2, 0.25) is 0 Å². The zero-order valence-corrected chi connectivity index (χ0v) is 4.91. The van der Waals surface area contributed by atoms with Gasteiger partial charge in [-0.3, -0.25) is 4.21 Å². The van der Waals surface area contributed by atoms with Crippen LogP contribution in [0.5, 0.6) is 0 Å². The second kappa shape index (κ2) is 1.10. The number of rotatable bonds is 0. The maximum Gasteiger partial charge on any atom is 0.0266 e. The Kier molecular flexibility index (Phi) is 0.643. The Bertz CT molecular complexity index is 109. The molecule has 2 rings (SSSR count). The molecule has 3 atom stereocenters. The highest BCUT2D eigenvalue weighted by molar-refractivity contribution is 7.85. The summed E-state index contributed by atoms with van der Waals surface area (Å²) in [4.78, 5) is 0. The minimum Gasteiger partial charge on any atom is -0.260 e. The van der Waals surface area contributed by atoms with Gasteiger partial charge in [-0.25, -0.2) is 0 Å². The summed E-state index contributed by atoms with van der Waals surface area (Å²) in [5, 5.41) is 0. The fourth-order valence-electron chi connectivity index (χ4n) is 1.26. The van der Waals surface area contributed by atoms with E-state index in [4.69, 9.17) is 0 Å². The third-order valence-electron chi connectivity index (χ3n) is 1.87. The molecule has 0 spiro atoms. The number of hydrogen-bond acceptors (Lipinski definition) is 1. The van der Waals surface area contributed by atoms with E-state index >= 15 is 0 Å². The Hall–Kier alpha value is 0.150. The second-order valence-electron chi connectivity index (χ2n) is 2.53. The van der Waals surface area contributed by atoms with Crippen LogP contribution in [0.3, 0.4) is 0 Å². The molecular formula is C5H8OS. The molecule has 0 amide bonds. The van der Waals surface area contributed by atoms with Gasteiger partial charge < -0.3 is 0 Å². The summed E-state index contributed by atoms with van der Waals surface area (Å²) in [6.07, 6.45) is 1.38. The van der Waals surface area contributed by atoms with Crippen LogP contribution < -0.4 is 0 Å². The van der Waals surface area contributed by atoms with Crippen molar-refractivity contribution in [1.29, 1.82) is 0 Å². The summed E-state index contributed by atoms with van der Waals surface area (Å²) < 4.78 is 10.6. The van der Waals surface area contributed by atoms with Gasteiger partial charge in [0.1, 0.15) is 0 Å². The first kappa shape index (κ1) is 4.07. The quantitative estimate of drug-likeness (QED) is 0.447. The normalized spacial score (nSPS) is 56.9. The highest BCUT2D eigenvalue weighted by atomic mass is 32.2. The van der Waals surface area contributed by atoms with Gasteiger partial charge in [0.15, 0.2) is 0 Å². The van der Waals surface area contributed by atoms with Gasteiger partial charge in [0, 0.05) is 22.3 Å². The third kappa shape index (κ3) is 0.529. The molecule has 1 saturated heterocycles. The van der Waals surface area contributed by atoms with Crippen molar-refractivity contribution in [2.45, 2.75) is 6.42 Å². The molecule has 2 heteroatoms. The first-order valence-electron chi connectivity index (χ1n) is 2.71. The van der Waals surface area contributed by atoms with Gasteiger partial charge in [0.25, 0.3) is 0 Å². The average Bonchev–Trinajstić information content (AvgIpc) is 2.15. The zero-order chi connectivity index (χ0) is 4.85. The molecule has 0 bridgehead atoms. The van der Waals surface area contributed by atoms with E-state index in [1.54, 1.807) is 0 Å². The van der Waals surface area contributed by atoms with Crippen molar-refractivity contribution in [3.05, 3.63) is 0 Å². The van der Waals surface area contributed by atoms with E-state index in [1.807, 2.05) is 0 Å². The molecule has 2 unspecified atom stereocenters. The molecule has 0 radical (unpaired) electrons. The van der Waals surface area contributed by atoms with Gasteiger partial charge in [-0.1, -0.05) is 0 Å². The molecule has 1 heterocycles. The van der Waals surface area contributed by atoms with Crippen molar-refractivity contribution in [2.24, 2.45) is 11.8 Å². The molecule has 0 aromatic carbocycles. The SMILES string of the molecule is O=S1CC2C[C@H]2C1. The molecule has 1 nitrogen and oxygen atoms in total. The Morgan fingerprint density at radius 3 is 2.14 bits per heavy atom. The lowest BCUT2D eigenvalue weighted by Gasteiger charge is -1.85. The fraction of sp³-hybridized carbons (Fsp3) is 1.00. The van der Waals surface area contributed by atoms with Crippen LogP contribution in [0, 0.1) is 11.8 Å².